The van der Waals surface area contributed by atoms with Gasteiger partial charge in [0, 0.05) is 26.2 Å². The number of nitrogens with one attached hydrogen (secondary N) is 1. The second-order valence-electron chi connectivity index (χ2n) is 7.71. The van der Waals surface area contributed by atoms with Crippen molar-refractivity contribution in [2.24, 2.45) is 0 Å². The molecule has 2 fully saturated rings. The first-order chi connectivity index (χ1) is 13.6. The van der Waals surface area contributed by atoms with Gasteiger partial charge in [0.1, 0.15) is 0 Å². The predicted octanol–water partition coefficient (Wildman–Crippen LogP) is 2.98. The Morgan fingerprint density at radius 1 is 1.17 bits per heavy atom. The van der Waals surface area contributed by atoms with Gasteiger partial charge in [-0.05, 0) is 39.0 Å². The van der Waals surface area contributed by atoms with E-state index in [0.717, 1.165) is 12.1 Å². The largest absolute Gasteiger partial charge is 0.416 e. The molecule has 1 aromatic rings. The predicted molar refractivity (Wildman–Crippen MR) is 104 cm³/mol. The van der Waals surface area contributed by atoms with Crippen LogP contribution in [0, 0.1) is 0 Å². The first-order valence-electron chi connectivity index (χ1n) is 9.89. The second-order valence-corrected chi connectivity index (χ2v) is 7.71. The maximum absolute atomic E-state index is 13.2. The maximum Gasteiger partial charge on any atom is 0.416 e. The zero-order valence-corrected chi connectivity index (χ0v) is 17.0. The Labute approximate surface area is 168 Å². The van der Waals surface area contributed by atoms with Gasteiger partial charge in [0.05, 0.1) is 48.4 Å². The molecule has 0 bridgehead atoms. The fraction of sp³-hybridized carbons (Fsp3) is 0.650. The lowest BCUT2D eigenvalue weighted by atomic mass is 10.1. The number of carbonyl (C=O) groups is 1. The topological polar surface area (TPSA) is 54.0 Å². The normalized spacial score (nSPS) is 25.0. The van der Waals surface area contributed by atoms with Crippen LogP contribution in [0.3, 0.4) is 0 Å². The van der Waals surface area contributed by atoms with Gasteiger partial charge in [-0.25, -0.2) is 0 Å². The summed E-state index contributed by atoms with van der Waals surface area (Å²) in [4.78, 5) is 16.8. The van der Waals surface area contributed by atoms with Gasteiger partial charge in [0.15, 0.2) is 0 Å². The van der Waals surface area contributed by atoms with Gasteiger partial charge in [-0.3, -0.25) is 9.69 Å². The van der Waals surface area contributed by atoms with Gasteiger partial charge in [-0.1, -0.05) is 0 Å². The Balaban J connectivity index is 1.82. The molecular formula is C20H28F3N3O3. The van der Waals surface area contributed by atoms with Gasteiger partial charge in [-0.2, -0.15) is 13.2 Å². The third kappa shape index (κ3) is 5.40. The zero-order valence-electron chi connectivity index (χ0n) is 17.0. The number of nitrogens with zero attached hydrogens (tertiary/aromatic N) is 2. The molecule has 0 spiro atoms. The highest BCUT2D eigenvalue weighted by Crippen LogP contribution is 2.36. The molecule has 9 heteroatoms. The Hall–Kier alpha value is -1.84. The van der Waals surface area contributed by atoms with Gasteiger partial charge < -0.3 is 19.7 Å². The summed E-state index contributed by atoms with van der Waals surface area (Å²) in [5, 5.41) is 2.74. The van der Waals surface area contributed by atoms with Crippen LogP contribution in [-0.4, -0.2) is 68.4 Å². The number of hydrogen-bond acceptors (Lipinski definition) is 5. The van der Waals surface area contributed by atoms with E-state index >= 15 is 0 Å². The minimum atomic E-state index is -4.48. The van der Waals surface area contributed by atoms with Crippen molar-refractivity contribution in [3.05, 3.63) is 23.8 Å². The molecule has 1 N–H and O–H groups in total. The minimum Gasteiger partial charge on any atom is -0.378 e. The van der Waals surface area contributed by atoms with E-state index < -0.39 is 17.8 Å². The quantitative estimate of drug-likeness (QED) is 0.820. The fourth-order valence-electron chi connectivity index (χ4n) is 3.83. The molecule has 0 radical (unpaired) electrons. The van der Waals surface area contributed by atoms with Crippen molar-refractivity contribution in [2.75, 3.05) is 49.6 Å². The molecule has 3 rings (SSSR count). The molecule has 2 saturated heterocycles. The van der Waals surface area contributed by atoms with E-state index in [0.29, 0.717) is 45.1 Å². The molecule has 0 saturated carbocycles. The van der Waals surface area contributed by atoms with E-state index in [2.05, 4.69) is 5.32 Å². The van der Waals surface area contributed by atoms with Crippen LogP contribution >= 0.6 is 0 Å². The molecule has 6 nitrogen and oxygen atoms in total. The summed E-state index contributed by atoms with van der Waals surface area (Å²) in [5.74, 6) is -0.333. The molecule has 3 unspecified atom stereocenters. The molecule has 2 heterocycles. The summed E-state index contributed by atoms with van der Waals surface area (Å²) in [6.45, 7) is 8.94. The number of rotatable bonds is 4. The van der Waals surface area contributed by atoms with Crippen LogP contribution in [0.15, 0.2) is 18.2 Å². The van der Waals surface area contributed by atoms with Crippen LogP contribution in [0.5, 0.6) is 0 Å². The zero-order chi connectivity index (χ0) is 21.2. The first-order valence-corrected chi connectivity index (χ1v) is 9.89. The Morgan fingerprint density at radius 2 is 1.79 bits per heavy atom. The fourth-order valence-corrected chi connectivity index (χ4v) is 3.83. The van der Waals surface area contributed by atoms with Crippen molar-refractivity contribution in [1.29, 1.82) is 0 Å². The monoisotopic (exact) mass is 415 g/mol. The summed E-state index contributed by atoms with van der Waals surface area (Å²) in [7, 11) is 0. The van der Waals surface area contributed by atoms with E-state index in [1.807, 2.05) is 23.6 Å². The number of anilines is 2. The van der Waals surface area contributed by atoms with Crippen LogP contribution in [-0.2, 0) is 20.4 Å². The summed E-state index contributed by atoms with van der Waals surface area (Å²) >= 11 is 0. The van der Waals surface area contributed by atoms with E-state index in [1.165, 1.54) is 6.07 Å². The van der Waals surface area contributed by atoms with Crippen molar-refractivity contribution in [2.45, 2.75) is 45.2 Å². The first kappa shape index (κ1) is 21.9. The van der Waals surface area contributed by atoms with Gasteiger partial charge in [0.2, 0.25) is 5.91 Å². The molecule has 0 aliphatic carbocycles. The average molecular weight is 415 g/mol. The van der Waals surface area contributed by atoms with Crippen molar-refractivity contribution in [1.82, 2.24) is 4.90 Å². The minimum absolute atomic E-state index is 0.00790. The summed E-state index contributed by atoms with van der Waals surface area (Å²) < 4.78 is 50.8. The van der Waals surface area contributed by atoms with E-state index in [-0.39, 0.29) is 23.8 Å². The molecule has 162 valence electrons. The van der Waals surface area contributed by atoms with Gasteiger partial charge in [-0.15, -0.1) is 0 Å². The Morgan fingerprint density at radius 3 is 2.38 bits per heavy atom. The number of benzene rings is 1. The third-order valence-corrected chi connectivity index (χ3v) is 5.31. The molecule has 0 aromatic heterocycles. The highest BCUT2D eigenvalue weighted by molar-refractivity contribution is 5.97. The van der Waals surface area contributed by atoms with E-state index in [9.17, 15) is 18.0 Å². The van der Waals surface area contributed by atoms with Crippen LogP contribution < -0.4 is 10.2 Å². The number of carbonyl (C=O) groups excluding carboxylic acids is 1. The molecular weight excluding hydrogens is 387 g/mol. The van der Waals surface area contributed by atoms with Crippen LogP contribution in [0.25, 0.3) is 0 Å². The van der Waals surface area contributed by atoms with Crippen molar-refractivity contribution >= 4 is 17.3 Å². The lowest BCUT2D eigenvalue weighted by molar-refractivity contribution is -0.137. The van der Waals surface area contributed by atoms with Crippen molar-refractivity contribution < 1.29 is 27.4 Å². The van der Waals surface area contributed by atoms with E-state index in [1.54, 1.807) is 6.92 Å². The smallest absolute Gasteiger partial charge is 0.378 e. The van der Waals surface area contributed by atoms with Crippen molar-refractivity contribution in [3.8, 4) is 0 Å². The summed E-state index contributed by atoms with van der Waals surface area (Å²) in [5.41, 5.74) is -0.0374. The molecule has 3 atom stereocenters. The number of amides is 1. The lowest BCUT2D eigenvalue weighted by Gasteiger charge is -2.38. The summed E-state index contributed by atoms with van der Waals surface area (Å²) in [6.07, 6.45) is -4.50. The van der Waals surface area contributed by atoms with Gasteiger partial charge >= 0.3 is 6.18 Å². The second kappa shape index (κ2) is 8.89. The SMILES string of the molecule is CC1CN(C(C)C(=O)Nc2cc(C(F)(F)F)ccc2N2CCOCC2)CC(C)O1. The highest BCUT2D eigenvalue weighted by atomic mass is 19.4. The van der Waals surface area contributed by atoms with Crippen LogP contribution in [0.2, 0.25) is 0 Å². The molecule has 1 amide bonds. The average Bonchev–Trinajstić information content (AvgIpc) is 2.66. The number of ether oxygens (including phenoxy) is 2. The lowest BCUT2D eigenvalue weighted by Crippen LogP contribution is -2.52. The maximum atomic E-state index is 13.2. The molecule has 2 aliphatic heterocycles. The number of alkyl halides is 3. The third-order valence-electron chi connectivity index (χ3n) is 5.31. The van der Waals surface area contributed by atoms with Gasteiger partial charge in [0.25, 0.3) is 0 Å². The number of morpholine rings is 2. The van der Waals surface area contributed by atoms with Crippen LogP contribution in [0.1, 0.15) is 26.3 Å². The molecule has 29 heavy (non-hydrogen) atoms. The van der Waals surface area contributed by atoms with Crippen LogP contribution in [0.4, 0.5) is 24.5 Å². The Bertz CT molecular complexity index is 713. The standard InChI is InChI=1S/C20H28F3N3O3/c1-13-11-26(12-14(2)29-13)15(3)19(27)24-17-10-16(20(21,22)23)4-5-18(17)25-6-8-28-9-7-25/h4-5,10,13-15H,6-9,11-12H2,1-3H3,(H,24,27). The van der Waals surface area contributed by atoms with E-state index in [4.69, 9.17) is 9.47 Å². The molecule has 2 aliphatic rings. The molecule has 1 aromatic carbocycles. The van der Waals surface area contributed by atoms with Crippen molar-refractivity contribution in [3.63, 3.8) is 0 Å². The Kier molecular flexibility index (Phi) is 6.70. The summed E-state index contributed by atoms with van der Waals surface area (Å²) in [6, 6.07) is 3.00. The number of hydrogen-bond donors (Lipinski definition) is 1. The highest BCUT2D eigenvalue weighted by Gasteiger charge is 2.33. The number of halogens is 3.